The third-order valence-electron chi connectivity index (χ3n) is 3.80. The Labute approximate surface area is 139 Å². The molecule has 3 N–H and O–H groups in total. The molecule has 3 rings (SSSR count). The molecule has 1 aliphatic heterocycles. The molecule has 2 aromatic rings. The van der Waals surface area contributed by atoms with Gasteiger partial charge in [0, 0.05) is 25.5 Å². The average molecular weight is 350 g/mol. The monoisotopic (exact) mass is 350 g/mol. The molecule has 1 amide bonds. The first kappa shape index (κ1) is 16.6. The Morgan fingerprint density at radius 1 is 1.42 bits per heavy atom. The summed E-state index contributed by atoms with van der Waals surface area (Å²) in [6.07, 6.45) is 3.37. The van der Waals surface area contributed by atoms with E-state index in [2.05, 4.69) is 15.3 Å². The van der Waals surface area contributed by atoms with Crippen molar-refractivity contribution >= 4 is 21.7 Å². The highest BCUT2D eigenvalue weighted by Crippen LogP contribution is 2.21. The number of aromatic nitrogens is 2. The van der Waals surface area contributed by atoms with Gasteiger partial charge < -0.3 is 15.4 Å². The fraction of sp³-hybridized carbons (Fsp3) is 0.333. The van der Waals surface area contributed by atoms with Crippen LogP contribution in [0.3, 0.4) is 0 Å². The molecule has 0 aromatic carbocycles. The van der Waals surface area contributed by atoms with Crippen molar-refractivity contribution < 1.29 is 18.3 Å². The molecule has 3 heterocycles. The second-order valence-electron chi connectivity index (χ2n) is 5.58. The summed E-state index contributed by atoms with van der Waals surface area (Å²) in [6.45, 7) is 0.434. The van der Waals surface area contributed by atoms with Gasteiger partial charge in [-0.05, 0) is 31.0 Å². The molecule has 0 radical (unpaired) electrons. The van der Waals surface area contributed by atoms with E-state index in [1.54, 1.807) is 24.4 Å². The Kier molecular flexibility index (Phi) is 4.65. The number of piperidine rings is 1. The summed E-state index contributed by atoms with van der Waals surface area (Å²) in [4.78, 5) is 18.8. The topological polar surface area (TPSA) is 115 Å². The van der Waals surface area contributed by atoms with Gasteiger partial charge in [0.15, 0.2) is 0 Å². The van der Waals surface area contributed by atoms with Crippen LogP contribution in [0, 0.1) is 0 Å². The van der Waals surface area contributed by atoms with Crippen LogP contribution in [-0.4, -0.2) is 52.9 Å². The number of nitrogens with one attached hydrogen (secondary N) is 2. The van der Waals surface area contributed by atoms with Crippen LogP contribution in [0.25, 0.3) is 0 Å². The molecule has 1 aliphatic rings. The van der Waals surface area contributed by atoms with E-state index in [0.717, 1.165) is 0 Å². The number of rotatable bonds is 4. The lowest BCUT2D eigenvalue weighted by Crippen LogP contribution is -2.41. The van der Waals surface area contributed by atoms with Gasteiger partial charge in [-0.25, -0.2) is 13.4 Å². The van der Waals surface area contributed by atoms with Crippen molar-refractivity contribution in [2.45, 2.75) is 23.8 Å². The number of sulfonamides is 1. The van der Waals surface area contributed by atoms with E-state index in [9.17, 15) is 18.3 Å². The number of carbonyl (C=O) groups excluding carboxylic acids is 1. The Hall–Kier alpha value is -2.23. The molecule has 1 saturated heterocycles. The highest BCUT2D eigenvalue weighted by atomic mass is 32.2. The Bertz CT molecular complexity index is 819. The van der Waals surface area contributed by atoms with Crippen LogP contribution in [-0.2, 0) is 10.0 Å². The third-order valence-corrected chi connectivity index (χ3v) is 5.65. The van der Waals surface area contributed by atoms with Crippen molar-refractivity contribution in [3.8, 4) is 0 Å². The van der Waals surface area contributed by atoms with E-state index < -0.39 is 22.0 Å². The zero-order valence-corrected chi connectivity index (χ0v) is 13.7. The maximum Gasteiger partial charge on any atom is 0.273 e. The summed E-state index contributed by atoms with van der Waals surface area (Å²) in [5.41, 5.74) is 0.122. The number of H-pyrrole nitrogens is 1. The number of pyridine rings is 1. The predicted molar refractivity (Wildman–Crippen MR) is 87.0 cm³/mol. The number of nitrogens with zero attached hydrogens (tertiary/aromatic N) is 2. The standard InChI is InChI=1S/C15H18N4O4S/c20-11-4-3-7-19(10-11)24(22,23)12-8-13(17-9-12)15(21)18-14-5-1-2-6-16-14/h1-2,5-6,8-9,11,17,20H,3-4,7,10H2,(H,16,18,21)/t11-/m1/s1. The van der Waals surface area contributed by atoms with Crippen molar-refractivity contribution in [2.24, 2.45) is 0 Å². The Morgan fingerprint density at radius 3 is 2.96 bits per heavy atom. The minimum atomic E-state index is -3.73. The first-order chi connectivity index (χ1) is 11.5. The first-order valence-electron chi connectivity index (χ1n) is 7.56. The summed E-state index contributed by atoms with van der Waals surface area (Å²) >= 11 is 0. The van der Waals surface area contributed by atoms with E-state index in [4.69, 9.17) is 0 Å². The van der Waals surface area contributed by atoms with Gasteiger partial charge in [0.1, 0.15) is 16.4 Å². The molecule has 0 bridgehead atoms. The first-order valence-corrected chi connectivity index (χ1v) is 9.00. The smallest absolute Gasteiger partial charge is 0.273 e. The number of aliphatic hydroxyl groups excluding tert-OH is 1. The highest BCUT2D eigenvalue weighted by Gasteiger charge is 2.30. The third kappa shape index (κ3) is 3.48. The fourth-order valence-corrected chi connectivity index (χ4v) is 4.07. The van der Waals surface area contributed by atoms with Crippen LogP contribution >= 0.6 is 0 Å². The van der Waals surface area contributed by atoms with Crippen LogP contribution in [0.5, 0.6) is 0 Å². The van der Waals surface area contributed by atoms with E-state index in [0.29, 0.717) is 25.2 Å². The summed E-state index contributed by atoms with van der Waals surface area (Å²) in [5, 5.41) is 12.2. The van der Waals surface area contributed by atoms with Crippen LogP contribution < -0.4 is 5.32 Å². The van der Waals surface area contributed by atoms with Gasteiger partial charge in [-0.2, -0.15) is 4.31 Å². The molecular formula is C15H18N4O4S. The molecular weight excluding hydrogens is 332 g/mol. The second kappa shape index (κ2) is 6.71. The Balaban J connectivity index is 1.76. The molecule has 9 heteroatoms. The van der Waals surface area contributed by atoms with Gasteiger partial charge in [0.25, 0.3) is 5.91 Å². The van der Waals surface area contributed by atoms with Gasteiger partial charge in [-0.15, -0.1) is 0 Å². The van der Waals surface area contributed by atoms with Gasteiger partial charge in [0.2, 0.25) is 10.0 Å². The highest BCUT2D eigenvalue weighted by molar-refractivity contribution is 7.89. The number of aliphatic hydroxyl groups is 1. The molecule has 0 saturated carbocycles. The molecule has 2 aromatic heterocycles. The lowest BCUT2D eigenvalue weighted by molar-refractivity contribution is 0.102. The number of hydrogen-bond donors (Lipinski definition) is 3. The maximum absolute atomic E-state index is 12.6. The van der Waals surface area contributed by atoms with Crippen molar-refractivity contribution in [3.63, 3.8) is 0 Å². The average Bonchev–Trinajstić information content (AvgIpc) is 3.07. The number of hydrogen-bond acceptors (Lipinski definition) is 5. The normalized spacial score (nSPS) is 19.1. The van der Waals surface area contributed by atoms with Gasteiger partial charge in [0.05, 0.1) is 6.10 Å². The minimum absolute atomic E-state index is 0.00257. The minimum Gasteiger partial charge on any atom is -0.392 e. The summed E-state index contributed by atoms with van der Waals surface area (Å²) in [7, 11) is -3.73. The lowest BCUT2D eigenvalue weighted by atomic mass is 10.1. The molecule has 1 atom stereocenters. The van der Waals surface area contributed by atoms with Crippen molar-refractivity contribution in [3.05, 3.63) is 42.4 Å². The van der Waals surface area contributed by atoms with Crippen LogP contribution in [0.2, 0.25) is 0 Å². The van der Waals surface area contributed by atoms with Gasteiger partial charge in [-0.3, -0.25) is 4.79 Å². The molecule has 24 heavy (non-hydrogen) atoms. The van der Waals surface area contributed by atoms with Crippen molar-refractivity contribution in [2.75, 3.05) is 18.4 Å². The predicted octanol–water partition coefficient (Wildman–Crippen LogP) is 0.807. The molecule has 0 unspecified atom stereocenters. The van der Waals surface area contributed by atoms with Crippen molar-refractivity contribution in [1.29, 1.82) is 0 Å². The quantitative estimate of drug-likeness (QED) is 0.755. The fourth-order valence-electron chi connectivity index (χ4n) is 2.56. The number of anilines is 1. The largest absolute Gasteiger partial charge is 0.392 e. The van der Waals surface area contributed by atoms with E-state index in [1.807, 2.05) is 0 Å². The SMILES string of the molecule is O=C(Nc1ccccn1)c1cc(S(=O)(=O)N2CCC[C@@H](O)C2)c[nH]1. The van der Waals surface area contributed by atoms with Crippen LogP contribution in [0.1, 0.15) is 23.3 Å². The summed E-state index contributed by atoms with van der Waals surface area (Å²) in [5.74, 6) is -0.102. The van der Waals surface area contributed by atoms with E-state index in [1.165, 1.54) is 16.6 Å². The van der Waals surface area contributed by atoms with E-state index in [-0.39, 0.29) is 17.1 Å². The van der Waals surface area contributed by atoms with Gasteiger partial charge >= 0.3 is 0 Å². The number of carbonyl (C=O) groups is 1. The maximum atomic E-state index is 12.6. The zero-order valence-electron chi connectivity index (χ0n) is 12.8. The van der Waals surface area contributed by atoms with Crippen LogP contribution in [0.15, 0.2) is 41.6 Å². The molecule has 1 fully saturated rings. The summed E-state index contributed by atoms with van der Waals surface area (Å²) in [6, 6.07) is 6.37. The number of aromatic amines is 1. The molecule has 0 aliphatic carbocycles. The number of β-amino-alcohol motifs (C(OH)–C–C–N with tert-alkyl or cyclic N) is 1. The number of amides is 1. The zero-order chi connectivity index (χ0) is 17.2. The lowest BCUT2D eigenvalue weighted by Gasteiger charge is -2.28. The van der Waals surface area contributed by atoms with Gasteiger partial charge in [-0.1, -0.05) is 6.07 Å². The van der Waals surface area contributed by atoms with E-state index >= 15 is 0 Å². The van der Waals surface area contributed by atoms with Crippen molar-refractivity contribution in [1.82, 2.24) is 14.3 Å². The summed E-state index contributed by atoms with van der Waals surface area (Å²) < 4.78 is 26.4. The molecule has 0 spiro atoms. The van der Waals surface area contributed by atoms with Crippen LogP contribution in [0.4, 0.5) is 5.82 Å². The molecule has 128 valence electrons. The molecule has 8 nitrogen and oxygen atoms in total. The Morgan fingerprint density at radius 2 is 2.25 bits per heavy atom. The second-order valence-corrected chi connectivity index (χ2v) is 7.52.